The Labute approximate surface area is 204 Å². The zero-order chi connectivity index (χ0) is 23.2. The Morgan fingerprint density at radius 3 is 2.59 bits per heavy atom. The molecule has 1 amide bonds. The van der Waals surface area contributed by atoms with Crippen molar-refractivity contribution in [3.63, 3.8) is 0 Å². The van der Waals surface area contributed by atoms with E-state index in [0.717, 1.165) is 22.3 Å². The molecule has 0 aliphatic heterocycles. The summed E-state index contributed by atoms with van der Waals surface area (Å²) in [5.41, 5.74) is 1.12. The number of nitrogens with one attached hydrogen (secondary N) is 2. The maximum absolute atomic E-state index is 12.8. The van der Waals surface area contributed by atoms with Crippen molar-refractivity contribution in [3.8, 4) is 11.5 Å². The fourth-order valence-electron chi connectivity index (χ4n) is 2.93. The molecule has 2 rings (SSSR count). The van der Waals surface area contributed by atoms with Gasteiger partial charge in [-0.15, -0.1) is 0 Å². The average Bonchev–Trinajstić information content (AvgIpc) is 2.77. The molecule has 32 heavy (non-hydrogen) atoms. The standard InChI is InChI=1S/C24H31BrN2O4S/c1-3-4-5-6-7-13-30-20-10-8-9-19(17-20)26-24(32)27-23(28)21-16-18(25)11-12-22(21)31-15-14-29-2/h8-12,16-17H,3-7,13-15H2,1-2H3,(H2,26,27,28,32). The van der Waals surface area contributed by atoms with E-state index in [0.29, 0.717) is 31.1 Å². The van der Waals surface area contributed by atoms with Crippen molar-refractivity contribution in [1.82, 2.24) is 5.32 Å². The van der Waals surface area contributed by atoms with Crippen LogP contribution in [0.3, 0.4) is 0 Å². The lowest BCUT2D eigenvalue weighted by Gasteiger charge is -2.14. The third-order valence-corrected chi connectivity index (χ3v) is 5.26. The first-order chi connectivity index (χ1) is 15.5. The molecule has 0 spiro atoms. The number of amides is 1. The van der Waals surface area contributed by atoms with Crippen LogP contribution in [0.25, 0.3) is 0 Å². The molecule has 0 radical (unpaired) electrons. The lowest BCUT2D eigenvalue weighted by molar-refractivity contribution is 0.0969. The molecule has 0 bridgehead atoms. The predicted octanol–water partition coefficient (Wildman–Crippen LogP) is 5.95. The molecule has 0 aromatic heterocycles. The van der Waals surface area contributed by atoms with E-state index in [-0.39, 0.29) is 11.0 Å². The first-order valence-corrected chi connectivity index (χ1v) is 12.0. The quantitative estimate of drug-likeness (QED) is 0.250. The number of halogens is 1. The van der Waals surface area contributed by atoms with Crippen LogP contribution in [-0.4, -0.2) is 38.0 Å². The summed E-state index contributed by atoms with van der Waals surface area (Å²) in [5.74, 6) is 0.857. The molecule has 8 heteroatoms. The Kier molecular flexibility index (Phi) is 12.1. The number of thiocarbonyl (C=S) groups is 1. The Bertz CT molecular complexity index is 879. The molecule has 0 unspecified atom stereocenters. The van der Waals surface area contributed by atoms with Gasteiger partial charge in [-0.05, 0) is 49.0 Å². The van der Waals surface area contributed by atoms with Crippen molar-refractivity contribution in [1.29, 1.82) is 0 Å². The summed E-state index contributed by atoms with van der Waals surface area (Å²) in [5, 5.41) is 5.93. The molecule has 2 N–H and O–H groups in total. The molecule has 0 heterocycles. The average molecular weight is 523 g/mol. The van der Waals surface area contributed by atoms with E-state index in [2.05, 4.69) is 33.5 Å². The number of rotatable bonds is 13. The minimum absolute atomic E-state index is 0.189. The van der Waals surface area contributed by atoms with Crippen LogP contribution in [0.1, 0.15) is 49.4 Å². The molecule has 174 valence electrons. The van der Waals surface area contributed by atoms with Crippen molar-refractivity contribution < 1.29 is 19.0 Å². The van der Waals surface area contributed by atoms with Gasteiger partial charge in [0.1, 0.15) is 18.1 Å². The second-order valence-electron chi connectivity index (χ2n) is 7.18. The number of hydrogen-bond acceptors (Lipinski definition) is 5. The molecule has 0 aliphatic carbocycles. The lowest BCUT2D eigenvalue weighted by atomic mass is 10.2. The van der Waals surface area contributed by atoms with Gasteiger partial charge < -0.3 is 19.5 Å². The second-order valence-corrected chi connectivity index (χ2v) is 8.50. The van der Waals surface area contributed by atoms with Crippen LogP contribution in [-0.2, 0) is 4.74 Å². The van der Waals surface area contributed by atoms with Crippen LogP contribution in [0.2, 0.25) is 0 Å². The summed E-state index contributed by atoms with van der Waals surface area (Å²) in [4.78, 5) is 12.8. The molecule has 0 aliphatic rings. The summed E-state index contributed by atoms with van der Waals surface area (Å²) >= 11 is 8.72. The summed E-state index contributed by atoms with van der Waals surface area (Å²) < 4.78 is 17.2. The third kappa shape index (κ3) is 9.54. The van der Waals surface area contributed by atoms with E-state index >= 15 is 0 Å². The van der Waals surface area contributed by atoms with Crippen molar-refractivity contribution >= 4 is 44.9 Å². The number of carbonyl (C=O) groups is 1. The largest absolute Gasteiger partial charge is 0.494 e. The van der Waals surface area contributed by atoms with E-state index in [4.69, 9.17) is 26.4 Å². The Balaban J connectivity index is 1.89. The highest BCUT2D eigenvalue weighted by atomic mass is 79.9. The SMILES string of the molecule is CCCCCCCOc1cccc(NC(=S)NC(=O)c2cc(Br)ccc2OCCOC)c1. The van der Waals surface area contributed by atoms with Crippen LogP contribution in [0.15, 0.2) is 46.9 Å². The highest BCUT2D eigenvalue weighted by Crippen LogP contribution is 2.23. The van der Waals surface area contributed by atoms with Gasteiger partial charge in [-0.1, -0.05) is 54.6 Å². The van der Waals surface area contributed by atoms with Gasteiger partial charge in [-0.2, -0.15) is 0 Å². The van der Waals surface area contributed by atoms with Crippen molar-refractivity contribution in [3.05, 3.63) is 52.5 Å². The van der Waals surface area contributed by atoms with Gasteiger partial charge in [0.2, 0.25) is 0 Å². The molecule has 0 saturated heterocycles. The smallest absolute Gasteiger partial charge is 0.261 e. The fraction of sp³-hybridized carbons (Fsp3) is 0.417. The highest BCUT2D eigenvalue weighted by Gasteiger charge is 2.15. The topological polar surface area (TPSA) is 68.8 Å². The van der Waals surface area contributed by atoms with Gasteiger partial charge in [0.25, 0.3) is 5.91 Å². The molecule has 0 fully saturated rings. The van der Waals surface area contributed by atoms with Gasteiger partial charge in [0, 0.05) is 23.3 Å². The molecular formula is C24H31BrN2O4S. The molecule has 6 nitrogen and oxygen atoms in total. The van der Waals surface area contributed by atoms with Crippen molar-refractivity contribution in [2.75, 3.05) is 32.2 Å². The summed E-state index contributed by atoms with van der Waals surface area (Å²) in [7, 11) is 1.59. The van der Waals surface area contributed by atoms with Gasteiger partial charge in [0.05, 0.1) is 18.8 Å². The number of hydrogen-bond donors (Lipinski definition) is 2. The zero-order valence-corrected chi connectivity index (χ0v) is 21.0. The van der Waals surface area contributed by atoms with E-state index < -0.39 is 0 Å². The summed E-state index contributed by atoms with van der Waals surface area (Å²) in [6, 6.07) is 12.8. The zero-order valence-electron chi connectivity index (χ0n) is 18.6. The summed E-state index contributed by atoms with van der Waals surface area (Å²) in [6.07, 6.45) is 5.95. The highest BCUT2D eigenvalue weighted by molar-refractivity contribution is 9.10. The van der Waals surface area contributed by atoms with Crippen LogP contribution in [0, 0.1) is 0 Å². The Hall–Kier alpha value is -2.16. The van der Waals surface area contributed by atoms with Crippen LogP contribution in [0.5, 0.6) is 11.5 Å². The monoisotopic (exact) mass is 522 g/mol. The second kappa shape index (κ2) is 14.8. The number of carbonyl (C=O) groups excluding carboxylic acids is 1. The first-order valence-electron chi connectivity index (χ1n) is 10.8. The minimum atomic E-state index is -0.365. The van der Waals surface area contributed by atoms with Crippen LogP contribution in [0.4, 0.5) is 5.69 Å². The van der Waals surface area contributed by atoms with Crippen molar-refractivity contribution in [2.45, 2.75) is 39.0 Å². The predicted molar refractivity (Wildman–Crippen MR) is 136 cm³/mol. The van der Waals surface area contributed by atoms with Crippen LogP contribution < -0.4 is 20.1 Å². The first kappa shape index (κ1) is 26.1. The van der Waals surface area contributed by atoms with Crippen LogP contribution >= 0.6 is 28.1 Å². The minimum Gasteiger partial charge on any atom is -0.494 e. The number of anilines is 1. The van der Waals surface area contributed by atoms with Gasteiger partial charge >= 0.3 is 0 Å². The normalized spacial score (nSPS) is 10.5. The van der Waals surface area contributed by atoms with Gasteiger partial charge in [0.15, 0.2) is 5.11 Å². The van der Waals surface area contributed by atoms with E-state index in [1.165, 1.54) is 25.7 Å². The Morgan fingerprint density at radius 2 is 1.81 bits per heavy atom. The van der Waals surface area contributed by atoms with Crippen molar-refractivity contribution in [2.24, 2.45) is 0 Å². The molecule has 2 aromatic carbocycles. The lowest BCUT2D eigenvalue weighted by Crippen LogP contribution is -2.34. The van der Waals surface area contributed by atoms with Gasteiger partial charge in [-0.3, -0.25) is 10.1 Å². The summed E-state index contributed by atoms with van der Waals surface area (Å²) in [6.45, 7) is 3.65. The maximum Gasteiger partial charge on any atom is 0.261 e. The third-order valence-electron chi connectivity index (χ3n) is 4.57. The molecule has 0 saturated carbocycles. The van der Waals surface area contributed by atoms with E-state index in [1.807, 2.05) is 30.3 Å². The number of benzene rings is 2. The maximum atomic E-state index is 12.8. The molecule has 0 atom stereocenters. The fourth-order valence-corrected chi connectivity index (χ4v) is 3.50. The number of unbranched alkanes of at least 4 members (excludes halogenated alkanes) is 4. The van der Waals surface area contributed by atoms with E-state index in [1.54, 1.807) is 19.2 Å². The van der Waals surface area contributed by atoms with E-state index in [9.17, 15) is 4.79 Å². The molecular weight excluding hydrogens is 492 g/mol. The molecule has 2 aromatic rings. The Morgan fingerprint density at radius 1 is 1.00 bits per heavy atom. The number of methoxy groups -OCH3 is 1. The number of ether oxygens (including phenoxy) is 3. The van der Waals surface area contributed by atoms with Gasteiger partial charge in [-0.25, -0.2) is 0 Å².